The molecule has 1 heterocycles. The molecule has 1 aromatic heterocycles. The molecule has 2 unspecified atom stereocenters. The largest absolute Gasteiger partial charge is 0.480 e. The summed E-state index contributed by atoms with van der Waals surface area (Å²) in [6.45, 7) is 0.0998. The molecule has 0 saturated heterocycles. The normalized spacial score (nSPS) is 13.6. The number of carbonyl (C=O) groups is 5. The molecule has 13 nitrogen and oxygen atoms in total. The van der Waals surface area contributed by atoms with Gasteiger partial charge in [0.25, 0.3) is 0 Å². The molecule has 3 atom stereocenters. The minimum absolute atomic E-state index is 0.0176. The van der Waals surface area contributed by atoms with Gasteiger partial charge in [0.05, 0.1) is 6.33 Å². The summed E-state index contributed by atoms with van der Waals surface area (Å²) in [7, 11) is 0. The van der Waals surface area contributed by atoms with Crippen molar-refractivity contribution in [3.63, 3.8) is 0 Å². The van der Waals surface area contributed by atoms with Crippen LogP contribution in [0, 0.1) is 0 Å². The van der Waals surface area contributed by atoms with E-state index in [4.69, 9.17) is 16.6 Å². The average molecular weight is 458 g/mol. The van der Waals surface area contributed by atoms with Crippen LogP contribution in [-0.2, 0) is 30.4 Å². The first-order chi connectivity index (χ1) is 14.6. The van der Waals surface area contributed by atoms with Crippen molar-refractivity contribution in [3.05, 3.63) is 18.2 Å². The van der Waals surface area contributed by atoms with Gasteiger partial charge in [0.2, 0.25) is 16.9 Å². The van der Waals surface area contributed by atoms with Crippen LogP contribution in [0.2, 0.25) is 0 Å². The van der Waals surface area contributed by atoms with Crippen molar-refractivity contribution in [2.45, 2.75) is 43.8 Å². The first-order valence-corrected chi connectivity index (χ1v) is 10.3. The Morgan fingerprint density at radius 2 is 1.71 bits per heavy atom. The Kier molecular flexibility index (Phi) is 11.2. The average Bonchev–Trinajstić information content (AvgIpc) is 3.21. The Bertz CT molecular complexity index is 773. The van der Waals surface area contributed by atoms with E-state index in [2.05, 4.69) is 20.6 Å². The number of H-pyrrole nitrogens is 1. The van der Waals surface area contributed by atoms with E-state index < -0.39 is 47.0 Å². The van der Waals surface area contributed by atoms with E-state index in [-0.39, 0.29) is 38.0 Å². The third-order valence-corrected chi connectivity index (χ3v) is 5.06. The van der Waals surface area contributed by atoms with Crippen molar-refractivity contribution < 1.29 is 34.2 Å². The summed E-state index contributed by atoms with van der Waals surface area (Å²) in [5, 5.41) is 22.3. The molecule has 9 N–H and O–H groups in total. The number of nitrogens with zero attached hydrogens (tertiary/aromatic N) is 1. The van der Waals surface area contributed by atoms with E-state index in [9.17, 15) is 29.1 Å². The Morgan fingerprint density at radius 1 is 1.06 bits per heavy atom. The first kappa shape index (κ1) is 26.1. The zero-order valence-corrected chi connectivity index (χ0v) is 17.4. The van der Waals surface area contributed by atoms with Gasteiger partial charge in [0, 0.05) is 43.5 Å². The summed E-state index contributed by atoms with van der Waals surface area (Å²) < 4.78 is 0. The number of aromatic nitrogens is 2. The highest BCUT2D eigenvalue weighted by molar-refractivity contribution is 8.13. The molecule has 0 bridgehead atoms. The second-order valence-corrected chi connectivity index (χ2v) is 7.54. The van der Waals surface area contributed by atoms with Crippen LogP contribution >= 0.6 is 11.8 Å². The summed E-state index contributed by atoms with van der Waals surface area (Å²) >= 11 is 0.641. The lowest BCUT2D eigenvalue weighted by Gasteiger charge is -2.18. The van der Waals surface area contributed by atoms with E-state index in [1.54, 1.807) is 0 Å². The van der Waals surface area contributed by atoms with E-state index in [0.29, 0.717) is 17.5 Å². The monoisotopic (exact) mass is 458 g/mol. The molecule has 1 aromatic rings. The highest BCUT2D eigenvalue weighted by atomic mass is 32.2. The van der Waals surface area contributed by atoms with Gasteiger partial charge in [0.1, 0.15) is 18.1 Å². The van der Waals surface area contributed by atoms with Gasteiger partial charge in [-0.15, -0.1) is 0 Å². The second-order valence-electron chi connectivity index (χ2n) is 6.51. The topological polar surface area (TPSA) is 231 Å². The van der Waals surface area contributed by atoms with Crippen LogP contribution in [0.3, 0.4) is 0 Å². The fourth-order valence-electron chi connectivity index (χ4n) is 2.32. The third-order valence-electron chi connectivity index (χ3n) is 4.00. The number of hydrogen-bond acceptors (Lipinski definition) is 9. The number of nitrogens with two attached hydrogens (primary N) is 2. The Balaban J connectivity index is 2.67. The maximum atomic E-state index is 12.6. The predicted molar refractivity (Wildman–Crippen MR) is 110 cm³/mol. The summed E-state index contributed by atoms with van der Waals surface area (Å²) in [4.78, 5) is 65.1. The number of carboxylic acids is 2. The van der Waals surface area contributed by atoms with Crippen LogP contribution in [0.4, 0.5) is 0 Å². The van der Waals surface area contributed by atoms with Gasteiger partial charge in [-0.1, -0.05) is 11.8 Å². The van der Waals surface area contributed by atoms with Crippen LogP contribution in [-0.4, -0.2) is 79.5 Å². The van der Waals surface area contributed by atoms with E-state index >= 15 is 0 Å². The van der Waals surface area contributed by atoms with Crippen LogP contribution in [0.5, 0.6) is 0 Å². The zero-order valence-electron chi connectivity index (χ0n) is 16.6. The molecule has 0 saturated carbocycles. The summed E-state index contributed by atoms with van der Waals surface area (Å²) in [6, 6.07) is -3.59. The summed E-state index contributed by atoms with van der Waals surface area (Å²) in [5.41, 5.74) is 11.2. The van der Waals surface area contributed by atoms with Crippen LogP contribution in [0.15, 0.2) is 12.5 Å². The maximum absolute atomic E-state index is 12.6. The molecule has 0 aliphatic heterocycles. The van der Waals surface area contributed by atoms with Crippen LogP contribution in [0.1, 0.15) is 25.0 Å². The van der Waals surface area contributed by atoms with Crippen molar-refractivity contribution in [2.24, 2.45) is 11.5 Å². The molecular weight excluding hydrogens is 432 g/mol. The zero-order chi connectivity index (χ0) is 23.4. The van der Waals surface area contributed by atoms with Crippen molar-refractivity contribution in [1.29, 1.82) is 0 Å². The van der Waals surface area contributed by atoms with E-state index in [1.807, 2.05) is 0 Å². The fraction of sp³-hybridized carbons (Fsp3) is 0.529. The lowest BCUT2D eigenvalue weighted by Crippen LogP contribution is -2.45. The molecule has 0 aliphatic rings. The first-order valence-electron chi connectivity index (χ1n) is 9.27. The van der Waals surface area contributed by atoms with Crippen molar-refractivity contribution >= 4 is 40.6 Å². The van der Waals surface area contributed by atoms with Crippen molar-refractivity contribution in [3.8, 4) is 0 Å². The van der Waals surface area contributed by atoms with E-state index in [0.717, 1.165) is 0 Å². The number of rotatable bonds is 14. The molecule has 1 rings (SSSR count). The molecular formula is C17H26N6O7S. The molecule has 14 heteroatoms. The number of aromatic amines is 1. The summed E-state index contributed by atoms with van der Waals surface area (Å²) in [5.74, 6) is -4.07. The molecule has 0 fully saturated rings. The standard InChI is InChI=1S/C17H26N6O7S/c18-4-3-14(25)22-11(5-9-6-20-8-21-9)17(30)31-7-12(16(28)29)23-13(24)2-1-10(19)15(26)27/h6,8,10-12H,1-5,7,18-19H2,(H,20,21)(H,22,25)(H,23,24)(H,26,27)(H,28,29)/t10?,11-,12?/m0/s1. The Labute approximate surface area is 181 Å². The van der Waals surface area contributed by atoms with E-state index in [1.165, 1.54) is 12.5 Å². The minimum atomic E-state index is -1.39. The second kappa shape index (κ2) is 13.4. The van der Waals surface area contributed by atoms with Crippen LogP contribution < -0.4 is 22.1 Å². The smallest absolute Gasteiger partial charge is 0.327 e. The highest BCUT2D eigenvalue weighted by Crippen LogP contribution is 2.12. The lowest BCUT2D eigenvalue weighted by atomic mass is 10.1. The molecule has 0 aliphatic carbocycles. The van der Waals surface area contributed by atoms with Gasteiger partial charge in [-0.05, 0) is 6.42 Å². The number of carbonyl (C=O) groups excluding carboxylic acids is 3. The van der Waals surface area contributed by atoms with Crippen LogP contribution in [0.25, 0.3) is 0 Å². The molecule has 2 amide bonds. The number of carboxylic acid groups (broad SMARTS) is 2. The molecule has 0 radical (unpaired) electrons. The Morgan fingerprint density at radius 3 is 2.26 bits per heavy atom. The fourth-order valence-corrected chi connectivity index (χ4v) is 3.22. The van der Waals surface area contributed by atoms with Crippen molar-refractivity contribution in [2.75, 3.05) is 12.3 Å². The SMILES string of the molecule is NCCC(=O)N[C@@H](Cc1cnc[nH]1)C(=O)SCC(NC(=O)CCC(N)C(=O)O)C(=O)O. The number of nitrogens with one attached hydrogen (secondary N) is 3. The Hall–Kier alpha value is -2.97. The quantitative estimate of drug-likeness (QED) is 0.158. The molecule has 31 heavy (non-hydrogen) atoms. The maximum Gasteiger partial charge on any atom is 0.327 e. The van der Waals surface area contributed by atoms with Crippen molar-refractivity contribution in [1.82, 2.24) is 20.6 Å². The van der Waals surface area contributed by atoms with Gasteiger partial charge in [-0.25, -0.2) is 9.78 Å². The van der Waals surface area contributed by atoms with Gasteiger partial charge < -0.3 is 37.3 Å². The number of imidazole rings is 1. The molecule has 0 aromatic carbocycles. The number of thioether (sulfide) groups is 1. The van der Waals surface area contributed by atoms with Gasteiger partial charge in [-0.2, -0.15) is 0 Å². The number of aliphatic carboxylic acids is 2. The van der Waals surface area contributed by atoms with Gasteiger partial charge in [-0.3, -0.25) is 19.2 Å². The number of hydrogen-bond donors (Lipinski definition) is 7. The third kappa shape index (κ3) is 10.1. The lowest BCUT2D eigenvalue weighted by molar-refractivity contribution is -0.141. The number of amides is 2. The van der Waals surface area contributed by atoms with Gasteiger partial charge in [0.15, 0.2) is 0 Å². The predicted octanol–water partition coefficient (Wildman–Crippen LogP) is -2.19. The minimum Gasteiger partial charge on any atom is -0.480 e. The summed E-state index contributed by atoms with van der Waals surface area (Å²) in [6.07, 6.45) is 2.58. The highest BCUT2D eigenvalue weighted by Gasteiger charge is 2.26. The molecule has 172 valence electrons. The molecule has 0 spiro atoms. The van der Waals surface area contributed by atoms with Gasteiger partial charge >= 0.3 is 11.9 Å².